The molecule has 3 aromatic heterocycles. The molecule has 2 N–H and O–H groups in total. The normalized spacial score (nSPS) is 10.6. The smallest absolute Gasteiger partial charge is 0.257 e. The van der Waals surface area contributed by atoms with E-state index in [0.29, 0.717) is 17.1 Å². The number of carbonyl (C=O) groups excluding carboxylic acids is 1. The molecule has 106 valence electrons. The Balaban J connectivity index is 1.79. The van der Waals surface area contributed by atoms with Crippen LogP contribution in [0.5, 0.6) is 0 Å². The molecule has 0 aliphatic heterocycles. The lowest BCUT2D eigenvalue weighted by atomic mass is 10.2. The van der Waals surface area contributed by atoms with Crippen LogP contribution in [0, 0.1) is 13.8 Å². The molecule has 0 aliphatic carbocycles. The van der Waals surface area contributed by atoms with Crippen molar-refractivity contribution in [3.8, 4) is 5.82 Å². The maximum absolute atomic E-state index is 12.2. The highest BCUT2D eigenvalue weighted by Gasteiger charge is 2.12. The summed E-state index contributed by atoms with van der Waals surface area (Å²) in [5, 5.41) is 13.7. The van der Waals surface area contributed by atoms with E-state index < -0.39 is 0 Å². The zero-order valence-electron chi connectivity index (χ0n) is 11.5. The summed E-state index contributed by atoms with van der Waals surface area (Å²) >= 11 is 0. The molecule has 0 fully saturated rings. The van der Waals surface area contributed by atoms with Crippen molar-refractivity contribution in [2.45, 2.75) is 13.8 Å². The largest absolute Gasteiger partial charge is 0.319 e. The van der Waals surface area contributed by atoms with Gasteiger partial charge < -0.3 is 5.32 Å². The highest BCUT2D eigenvalue weighted by Crippen LogP contribution is 2.17. The highest BCUT2D eigenvalue weighted by molar-refractivity contribution is 6.04. The molecule has 21 heavy (non-hydrogen) atoms. The van der Waals surface area contributed by atoms with Crippen LogP contribution in [0.4, 0.5) is 5.69 Å². The van der Waals surface area contributed by atoms with Crippen molar-refractivity contribution in [1.29, 1.82) is 0 Å². The zero-order chi connectivity index (χ0) is 14.8. The molecule has 3 rings (SSSR count). The van der Waals surface area contributed by atoms with Crippen LogP contribution in [0.1, 0.15) is 21.7 Å². The van der Waals surface area contributed by atoms with Gasteiger partial charge in [0.25, 0.3) is 5.91 Å². The van der Waals surface area contributed by atoms with Crippen molar-refractivity contribution < 1.29 is 4.79 Å². The Morgan fingerprint density at radius 1 is 1.33 bits per heavy atom. The molecule has 0 bridgehead atoms. The van der Waals surface area contributed by atoms with Crippen molar-refractivity contribution in [2.24, 2.45) is 0 Å². The molecule has 3 aromatic rings. The first-order valence-electron chi connectivity index (χ1n) is 6.29. The van der Waals surface area contributed by atoms with E-state index in [-0.39, 0.29) is 5.91 Å². The summed E-state index contributed by atoms with van der Waals surface area (Å²) in [6.07, 6.45) is 4.46. The van der Waals surface area contributed by atoms with Gasteiger partial charge in [0.2, 0.25) is 0 Å². The van der Waals surface area contributed by atoms with Gasteiger partial charge in [-0.3, -0.25) is 9.89 Å². The number of amides is 1. The first kappa shape index (κ1) is 13.0. The number of hydrogen-bond donors (Lipinski definition) is 2. The number of hydrogen-bond acceptors (Lipinski definition) is 5. The lowest BCUT2D eigenvalue weighted by Gasteiger charge is -2.05. The zero-order valence-corrected chi connectivity index (χ0v) is 11.5. The fourth-order valence-electron chi connectivity index (χ4n) is 1.90. The number of pyridine rings is 1. The summed E-state index contributed by atoms with van der Waals surface area (Å²) < 4.78 is 1.52. The van der Waals surface area contributed by atoms with Crippen LogP contribution in [-0.4, -0.2) is 35.9 Å². The number of aryl methyl sites for hydroxylation is 2. The number of anilines is 1. The summed E-state index contributed by atoms with van der Waals surface area (Å²) in [7, 11) is 0. The summed E-state index contributed by atoms with van der Waals surface area (Å²) in [4.78, 5) is 20.2. The quantitative estimate of drug-likeness (QED) is 0.753. The lowest BCUT2D eigenvalue weighted by molar-refractivity contribution is 0.102. The van der Waals surface area contributed by atoms with E-state index in [1.54, 1.807) is 18.5 Å². The molecule has 0 unspecified atom stereocenters. The van der Waals surface area contributed by atoms with Crippen molar-refractivity contribution >= 4 is 11.6 Å². The van der Waals surface area contributed by atoms with Gasteiger partial charge in [-0.05, 0) is 26.0 Å². The Labute approximate surface area is 120 Å². The number of aromatic nitrogens is 6. The average Bonchev–Trinajstić information content (AvgIpc) is 3.13. The predicted molar refractivity (Wildman–Crippen MR) is 75.2 cm³/mol. The molecular formula is C13H13N7O. The Kier molecular flexibility index (Phi) is 3.19. The van der Waals surface area contributed by atoms with E-state index in [1.165, 1.54) is 17.2 Å². The van der Waals surface area contributed by atoms with Crippen LogP contribution < -0.4 is 5.32 Å². The molecule has 0 atom stereocenters. The van der Waals surface area contributed by atoms with Gasteiger partial charge in [0.1, 0.15) is 12.7 Å². The highest BCUT2D eigenvalue weighted by atomic mass is 16.1. The summed E-state index contributed by atoms with van der Waals surface area (Å²) in [5.41, 5.74) is 2.71. The molecular weight excluding hydrogens is 270 g/mol. The van der Waals surface area contributed by atoms with E-state index in [4.69, 9.17) is 0 Å². The molecule has 8 heteroatoms. The Hall–Kier alpha value is -3.03. The molecule has 0 saturated heterocycles. The molecule has 0 saturated carbocycles. The number of H-pyrrole nitrogens is 1. The van der Waals surface area contributed by atoms with Gasteiger partial charge in [-0.25, -0.2) is 14.6 Å². The monoisotopic (exact) mass is 283 g/mol. The number of rotatable bonds is 3. The lowest BCUT2D eigenvalue weighted by Crippen LogP contribution is -2.13. The third-order valence-corrected chi connectivity index (χ3v) is 3.03. The molecule has 0 radical (unpaired) electrons. The first-order valence-corrected chi connectivity index (χ1v) is 6.29. The third-order valence-electron chi connectivity index (χ3n) is 3.03. The van der Waals surface area contributed by atoms with E-state index in [0.717, 1.165) is 11.4 Å². The van der Waals surface area contributed by atoms with Gasteiger partial charge in [0.15, 0.2) is 5.82 Å². The molecule has 0 aromatic carbocycles. The fourth-order valence-corrected chi connectivity index (χ4v) is 1.90. The predicted octanol–water partition coefficient (Wildman–Crippen LogP) is 1.25. The van der Waals surface area contributed by atoms with Gasteiger partial charge in [-0.15, -0.1) is 0 Å². The topological polar surface area (TPSA) is 101 Å². The number of carbonyl (C=O) groups is 1. The molecule has 8 nitrogen and oxygen atoms in total. The van der Waals surface area contributed by atoms with E-state index in [9.17, 15) is 4.79 Å². The van der Waals surface area contributed by atoms with Gasteiger partial charge in [0.05, 0.1) is 22.6 Å². The van der Waals surface area contributed by atoms with Crippen LogP contribution in [0.3, 0.4) is 0 Å². The number of aromatic amines is 1. The fraction of sp³-hybridized carbons (Fsp3) is 0.154. The minimum Gasteiger partial charge on any atom is -0.319 e. The molecule has 0 spiro atoms. The van der Waals surface area contributed by atoms with Gasteiger partial charge >= 0.3 is 0 Å². The minimum atomic E-state index is -0.236. The van der Waals surface area contributed by atoms with Crippen LogP contribution in [0.2, 0.25) is 0 Å². The summed E-state index contributed by atoms with van der Waals surface area (Å²) in [6.45, 7) is 3.67. The Morgan fingerprint density at radius 3 is 2.76 bits per heavy atom. The van der Waals surface area contributed by atoms with Crippen LogP contribution in [0.15, 0.2) is 31.0 Å². The van der Waals surface area contributed by atoms with Crippen molar-refractivity contribution in [1.82, 2.24) is 29.9 Å². The molecule has 1 amide bonds. The number of nitrogens with zero attached hydrogens (tertiary/aromatic N) is 5. The second-order valence-electron chi connectivity index (χ2n) is 4.51. The Bertz CT molecular complexity index is 739. The van der Waals surface area contributed by atoms with E-state index in [2.05, 4.69) is 30.6 Å². The maximum Gasteiger partial charge on any atom is 0.257 e. The summed E-state index contributed by atoms with van der Waals surface area (Å²) in [5.74, 6) is 0.361. The minimum absolute atomic E-state index is 0.236. The SMILES string of the molecule is Cc1n[nH]c(C)c1NC(=O)c1ccc(-n2cncn2)nc1. The van der Waals surface area contributed by atoms with Gasteiger partial charge in [-0.1, -0.05) is 0 Å². The average molecular weight is 283 g/mol. The van der Waals surface area contributed by atoms with Gasteiger partial charge in [-0.2, -0.15) is 10.2 Å². The van der Waals surface area contributed by atoms with Crippen molar-refractivity contribution in [3.63, 3.8) is 0 Å². The molecule has 0 aliphatic rings. The Morgan fingerprint density at radius 2 is 2.19 bits per heavy atom. The standard InChI is InChI=1S/C13H13N7O/c1-8-12(9(2)19-18-8)17-13(21)10-3-4-11(15-5-10)20-7-14-6-16-20/h3-7H,1-2H3,(H,17,21)(H,18,19). The van der Waals surface area contributed by atoms with Gasteiger partial charge in [0, 0.05) is 6.20 Å². The van der Waals surface area contributed by atoms with Crippen LogP contribution in [0.25, 0.3) is 5.82 Å². The van der Waals surface area contributed by atoms with E-state index in [1.807, 2.05) is 13.8 Å². The summed E-state index contributed by atoms with van der Waals surface area (Å²) in [6, 6.07) is 3.39. The van der Waals surface area contributed by atoms with E-state index >= 15 is 0 Å². The third kappa shape index (κ3) is 2.50. The molecule has 3 heterocycles. The second kappa shape index (κ2) is 5.16. The second-order valence-corrected chi connectivity index (χ2v) is 4.51. The van der Waals surface area contributed by atoms with Crippen molar-refractivity contribution in [2.75, 3.05) is 5.32 Å². The van der Waals surface area contributed by atoms with Crippen LogP contribution in [-0.2, 0) is 0 Å². The number of nitrogens with one attached hydrogen (secondary N) is 2. The van der Waals surface area contributed by atoms with Crippen molar-refractivity contribution in [3.05, 3.63) is 47.9 Å². The first-order chi connectivity index (χ1) is 10.1. The maximum atomic E-state index is 12.2. The van der Waals surface area contributed by atoms with Crippen LogP contribution >= 0.6 is 0 Å².